The third-order valence-electron chi connectivity index (χ3n) is 3.09. The molecule has 0 fully saturated rings. The lowest BCUT2D eigenvalue weighted by Gasteiger charge is -2.11. The minimum Gasteiger partial charge on any atom is -0.490 e. The van der Waals surface area contributed by atoms with Gasteiger partial charge in [0, 0.05) is 6.21 Å². The fraction of sp³-hybridized carbons (Fsp3) is 0.211. The van der Waals surface area contributed by atoms with Gasteiger partial charge in [-0.05, 0) is 49.2 Å². The van der Waals surface area contributed by atoms with E-state index in [1.54, 1.807) is 6.08 Å². The Balaban J connectivity index is 2.22. The summed E-state index contributed by atoms with van der Waals surface area (Å²) in [5.41, 5.74) is 3.08. The molecule has 0 aromatic heterocycles. The Morgan fingerprint density at radius 2 is 1.91 bits per heavy atom. The summed E-state index contributed by atoms with van der Waals surface area (Å²) >= 11 is 0. The van der Waals surface area contributed by atoms with Crippen LogP contribution in [-0.2, 0) is 0 Å². The molecule has 3 nitrogen and oxygen atoms in total. The average molecular weight is 295 g/mol. The highest BCUT2D eigenvalue weighted by atomic mass is 16.5. The second-order valence-corrected chi connectivity index (χ2v) is 4.78. The van der Waals surface area contributed by atoms with E-state index in [0.29, 0.717) is 13.2 Å². The van der Waals surface area contributed by atoms with Gasteiger partial charge in [0.25, 0.3) is 0 Å². The van der Waals surface area contributed by atoms with Gasteiger partial charge in [0.1, 0.15) is 6.61 Å². The Morgan fingerprint density at radius 1 is 1.09 bits per heavy atom. The molecule has 0 N–H and O–H groups in total. The number of benzene rings is 2. The fourth-order valence-corrected chi connectivity index (χ4v) is 1.99. The van der Waals surface area contributed by atoms with E-state index in [4.69, 9.17) is 9.47 Å². The molecule has 0 bridgehead atoms. The number of hydrogen-bond donors (Lipinski definition) is 0. The third kappa shape index (κ3) is 4.22. The van der Waals surface area contributed by atoms with Gasteiger partial charge in [-0.15, -0.1) is 0 Å². The van der Waals surface area contributed by atoms with Crippen LogP contribution in [0.5, 0.6) is 11.5 Å². The van der Waals surface area contributed by atoms with Crippen LogP contribution in [0.4, 0.5) is 5.69 Å². The lowest BCUT2D eigenvalue weighted by molar-refractivity contribution is 0.297. The third-order valence-corrected chi connectivity index (χ3v) is 3.09. The maximum atomic E-state index is 5.63. The van der Waals surface area contributed by atoms with Gasteiger partial charge < -0.3 is 9.47 Å². The summed E-state index contributed by atoms with van der Waals surface area (Å²) in [6, 6.07) is 13.8. The first kappa shape index (κ1) is 15.8. The minimum absolute atomic E-state index is 0.455. The summed E-state index contributed by atoms with van der Waals surface area (Å²) < 4.78 is 11.2. The van der Waals surface area contributed by atoms with Crippen molar-refractivity contribution in [3.63, 3.8) is 0 Å². The van der Waals surface area contributed by atoms with E-state index >= 15 is 0 Å². The molecule has 0 amide bonds. The Labute approximate surface area is 131 Å². The lowest BCUT2D eigenvalue weighted by Crippen LogP contribution is -1.99. The Bertz CT molecular complexity index is 662. The van der Waals surface area contributed by atoms with E-state index in [2.05, 4.69) is 11.6 Å². The van der Waals surface area contributed by atoms with Crippen LogP contribution in [0.15, 0.2) is 60.1 Å². The number of rotatable bonds is 7. The predicted molar refractivity (Wildman–Crippen MR) is 91.7 cm³/mol. The summed E-state index contributed by atoms with van der Waals surface area (Å²) in [5, 5.41) is 0. The van der Waals surface area contributed by atoms with Crippen LogP contribution in [-0.4, -0.2) is 19.4 Å². The molecule has 0 radical (unpaired) electrons. The zero-order valence-corrected chi connectivity index (χ0v) is 13.1. The van der Waals surface area contributed by atoms with Gasteiger partial charge in [0.05, 0.1) is 12.3 Å². The lowest BCUT2D eigenvalue weighted by atomic mass is 10.2. The normalized spacial score (nSPS) is 10.6. The standard InChI is InChI=1S/C19H21NO2/c1-4-12-22-18-11-10-16(13-19(18)21-5-2)14-20-17-9-7-6-8-15(17)3/h4,6-11,13-14H,1,5,12H2,2-3H3. The van der Waals surface area contributed by atoms with Crippen molar-refractivity contribution in [3.05, 3.63) is 66.2 Å². The molecular formula is C19H21NO2. The van der Waals surface area contributed by atoms with Gasteiger partial charge in [-0.25, -0.2) is 0 Å². The van der Waals surface area contributed by atoms with Crippen molar-refractivity contribution < 1.29 is 9.47 Å². The first-order valence-corrected chi connectivity index (χ1v) is 7.35. The Kier molecular flexibility index (Phi) is 5.78. The molecule has 2 rings (SSSR count). The van der Waals surface area contributed by atoms with Crippen molar-refractivity contribution in [1.29, 1.82) is 0 Å². The summed E-state index contributed by atoms with van der Waals surface area (Å²) in [5.74, 6) is 1.44. The second-order valence-electron chi connectivity index (χ2n) is 4.78. The van der Waals surface area contributed by atoms with E-state index < -0.39 is 0 Å². The zero-order valence-electron chi connectivity index (χ0n) is 13.1. The van der Waals surface area contributed by atoms with Crippen LogP contribution in [0.3, 0.4) is 0 Å². The van der Waals surface area contributed by atoms with Gasteiger partial charge in [-0.3, -0.25) is 4.99 Å². The molecule has 0 saturated heterocycles. The van der Waals surface area contributed by atoms with E-state index in [-0.39, 0.29) is 0 Å². The van der Waals surface area contributed by atoms with Gasteiger partial charge in [0.2, 0.25) is 0 Å². The maximum Gasteiger partial charge on any atom is 0.161 e. The molecule has 0 atom stereocenters. The highest BCUT2D eigenvalue weighted by Crippen LogP contribution is 2.28. The fourth-order valence-electron chi connectivity index (χ4n) is 1.99. The molecule has 0 spiro atoms. The summed E-state index contributed by atoms with van der Waals surface area (Å²) in [6.45, 7) is 8.69. The van der Waals surface area contributed by atoms with Crippen molar-refractivity contribution in [2.75, 3.05) is 13.2 Å². The molecule has 0 aliphatic rings. The van der Waals surface area contributed by atoms with Crippen LogP contribution in [0.1, 0.15) is 18.1 Å². The van der Waals surface area contributed by atoms with Gasteiger partial charge >= 0.3 is 0 Å². The van der Waals surface area contributed by atoms with Crippen molar-refractivity contribution >= 4 is 11.9 Å². The van der Waals surface area contributed by atoms with E-state index in [9.17, 15) is 0 Å². The van der Waals surface area contributed by atoms with Crippen molar-refractivity contribution in [1.82, 2.24) is 0 Å². The Hall–Kier alpha value is -2.55. The summed E-state index contributed by atoms with van der Waals surface area (Å²) in [4.78, 5) is 4.53. The molecule has 0 unspecified atom stereocenters. The highest BCUT2D eigenvalue weighted by Gasteiger charge is 2.05. The van der Waals surface area contributed by atoms with E-state index in [0.717, 1.165) is 28.3 Å². The highest BCUT2D eigenvalue weighted by molar-refractivity contribution is 5.83. The number of aliphatic imine (C=N–C) groups is 1. The Morgan fingerprint density at radius 3 is 2.64 bits per heavy atom. The monoisotopic (exact) mass is 295 g/mol. The van der Waals surface area contributed by atoms with Crippen LogP contribution >= 0.6 is 0 Å². The molecule has 22 heavy (non-hydrogen) atoms. The van der Waals surface area contributed by atoms with Gasteiger partial charge in [-0.1, -0.05) is 30.9 Å². The average Bonchev–Trinajstić information content (AvgIpc) is 2.53. The van der Waals surface area contributed by atoms with Crippen LogP contribution in [0.2, 0.25) is 0 Å². The molecule has 2 aromatic rings. The number of aryl methyl sites for hydroxylation is 1. The van der Waals surface area contributed by atoms with Crippen molar-refractivity contribution in [2.45, 2.75) is 13.8 Å². The molecule has 0 aliphatic carbocycles. The smallest absolute Gasteiger partial charge is 0.161 e. The van der Waals surface area contributed by atoms with E-state index in [1.807, 2.05) is 62.5 Å². The second kappa shape index (κ2) is 8.03. The van der Waals surface area contributed by atoms with Crippen LogP contribution in [0, 0.1) is 6.92 Å². The summed E-state index contributed by atoms with van der Waals surface area (Å²) in [6.07, 6.45) is 3.55. The molecule has 0 aliphatic heterocycles. The van der Waals surface area contributed by atoms with E-state index in [1.165, 1.54) is 0 Å². The molecule has 114 valence electrons. The van der Waals surface area contributed by atoms with Gasteiger partial charge in [0.15, 0.2) is 11.5 Å². The molecule has 0 heterocycles. The first-order chi connectivity index (χ1) is 10.7. The van der Waals surface area contributed by atoms with Crippen molar-refractivity contribution in [2.24, 2.45) is 4.99 Å². The molecule has 2 aromatic carbocycles. The SMILES string of the molecule is C=CCOc1ccc(C=Nc2ccccc2C)cc1OCC. The van der Waals surface area contributed by atoms with Crippen molar-refractivity contribution in [3.8, 4) is 11.5 Å². The first-order valence-electron chi connectivity index (χ1n) is 7.35. The number of hydrogen-bond acceptors (Lipinski definition) is 3. The van der Waals surface area contributed by atoms with Gasteiger partial charge in [-0.2, -0.15) is 0 Å². The molecular weight excluding hydrogens is 274 g/mol. The van der Waals surface area contributed by atoms with Crippen LogP contribution < -0.4 is 9.47 Å². The minimum atomic E-state index is 0.455. The number of nitrogens with zero attached hydrogens (tertiary/aromatic N) is 1. The molecule has 0 saturated carbocycles. The van der Waals surface area contributed by atoms with Crippen LogP contribution in [0.25, 0.3) is 0 Å². The topological polar surface area (TPSA) is 30.8 Å². The number of ether oxygens (including phenoxy) is 2. The maximum absolute atomic E-state index is 5.63. The summed E-state index contributed by atoms with van der Waals surface area (Å²) in [7, 11) is 0. The largest absolute Gasteiger partial charge is 0.490 e. The quantitative estimate of drug-likeness (QED) is 0.547. The zero-order chi connectivity index (χ0) is 15.8. The predicted octanol–water partition coefficient (Wildman–Crippen LogP) is 4.71. The number of para-hydroxylation sites is 1. The molecule has 3 heteroatoms.